The molecule has 0 radical (unpaired) electrons. The van der Waals surface area contributed by atoms with Crippen LogP contribution in [0.15, 0.2) is 6.07 Å². The molecule has 1 aliphatic rings. The van der Waals surface area contributed by atoms with Gasteiger partial charge in [0.15, 0.2) is 5.78 Å². The number of piperidine rings is 1. The third kappa shape index (κ3) is 3.08. The Morgan fingerprint density at radius 1 is 1.32 bits per heavy atom. The molecule has 0 atom stereocenters. The lowest BCUT2D eigenvalue weighted by molar-refractivity contribution is 0.0899. The molecule has 0 amide bonds. The summed E-state index contributed by atoms with van der Waals surface area (Å²) in [6, 6.07) is 2.05. The largest absolute Gasteiger partial charge is 0.349 e. The van der Waals surface area contributed by atoms with E-state index >= 15 is 0 Å². The minimum absolute atomic E-state index is 0.280. The summed E-state index contributed by atoms with van der Waals surface area (Å²) in [6.45, 7) is 12.2. The Hall–Kier alpha value is -1.09. The van der Waals surface area contributed by atoms with Crippen molar-refractivity contribution in [2.24, 2.45) is 5.92 Å². The van der Waals surface area contributed by atoms with Crippen LogP contribution in [0.1, 0.15) is 48.4 Å². The van der Waals surface area contributed by atoms with Crippen LogP contribution in [0.5, 0.6) is 0 Å². The number of rotatable bonds is 4. The quantitative estimate of drug-likeness (QED) is 0.779. The van der Waals surface area contributed by atoms with Crippen LogP contribution in [-0.2, 0) is 6.54 Å². The minimum atomic E-state index is 0.280. The Morgan fingerprint density at radius 3 is 2.47 bits per heavy atom. The number of hydrogen-bond donors (Lipinski definition) is 0. The highest BCUT2D eigenvalue weighted by molar-refractivity contribution is 5.99. The van der Waals surface area contributed by atoms with E-state index in [0.29, 0.717) is 6.54 Å². The Bertz CT molecular complexity index is 454. The van der Waals surface area contributed by atoms with E-state index in [1.165, 1.54) is 18.5 Å². The van der Waals surface area contributed by atoms with E-state index in [1.807, 2.05) is 6.07 Å². The molecule has 106 valence electrons. The molecule has 1 aromatic heterocycles. The maximum atomic E-state index is 12.4. The molecule has 3 nitrogen and oxygen atoms in total. The lowest BCUT2D eigenvalue weighted by atomic mass is 9.99. The van der Waals surface area contributed by atoms with Crippen LogP contribution in [-0.4, -0.2) is 34.9 Å². The zero-order valence-electron chi connectivity index (χ0n) is 12.7. The van der Waals surface area contributed by atoms with Gasteiger partial charge in [-0.3, -0.25) is 9.69 Å². The van der Waals surface area contributed by atoms with Crippen LogP contribution in [0.4, 0.5) is 0 Å². The summed E-state index contributed by atoms with van der Waals surface area (Å²) in [5, 5.41) is 0. The normalized spacial score (nSPS) is 17.9. The van der Waals surface area contributed by atoms with Gasteiger partial charge in [-0.1, -0.05) is 6.92 Å². The number of ketones is 1. The molecule has 0 aromatic carbocycles. The Labute approximate surface area is 116 Å². The molecule has 2 rings (SSSR count). The zero-order chi connectivity index (χ0) is 14.0. The first-order chi connectivity index (χ1) is 9.02. The van der Waals surface area contributed by atoms with Crippen LogP contribution in [0, 0.1) is 19.8 Å². The van der Waals surface area contributed by atoms with Crippen LogP contribution >= 0.6 is 0 Å². The fourth-order valence-electron chi connectivity index (χ4n) is 3.08. The molecule has 2 heterocycles. The maximum absolute atomic E-state index is 12.4. The van der Waals surface area contributed by atoms with Gasteiger partial charge in [-0.25, -0.2) is 0 Å². The van der Waals surface area contributed by atoms with Gasteiger partial charge in [0.1, 0.15) is 0 Å². The van der Waals surface area contributed by atoms with E-state index < -0.39 is 0 Å². The smallest absolute Gasteiger partial charge is 0.178 e. The molecule has 0 saturated carbocycles. The third-order valence-electron chi connectivity index (χ3n) is 4.43. The second-order valence-corrected chi connectivity index (χ2v) is 5.91. The van der Waals surface area contributed by atoms with Crippen LogP contribution in [0.25, 0.3) is 0 Å². The van der Waals surface area contributed by atoms with E-state index in [0.717, 1.165) is 36.8 Å². The SMILES string of the molecule is CCn1c(C)cc(C(=O)CN2CCC(C)CC2)c1C. The molecule has 0 bridgehead atoms. The van der Waals surface area contributed by atoms with Gasteiger partial charge in [-0.15, -0.1) is 0 Å². The predicted molar refractivity (Wildman–Crippen MR) is 78.7 cm³/mol. The monoisotopic (exact) mass is 262 g/mol. The first kappa shape index (κ1) is 14.3. The second kappa shape index (κ2) is 5.91. The summed E-state index contributed by atoms with van der Waals surface area (Å²) >= 11 is 0. The van der Waals surface area contributed by atoms with Crippen LogP contribution in [0.3, 0.4) is 0 Å². The standard InChI is InChI=1S/C16H26N2O/c1-5-18-13(3)10-15(14(18)4)16(19)11-17-8-6-12(2)7-9-17/h10,12H,5-9,11H2,1-4H3. The van der Waals surface area contributed by atoms with Crippen molar-refractivity contribution in [2.45, 2.75) is 47.1 Å². The molecule has 0 unspecified atom stereocenters. The zero-order valence-corrected chi connectivity index (χ0v) is 12.7. The molecular weight excluding hydrogens is 236 g/mol. The molecular formula is C16H26N2O. The van der Waals surface area contributed by atoms with Crippen LogP contribution < -0.4 is 0 Å². The Balaban J connectivity index is 2.04. The molecule has 0 spiro atoms. The first-order valence-electron chi connectivity index (χ1n) is 7.45. The average Bonchev–Trinajstić information content (AvgIpc) is 2.67. The Kier molecular flexibility index (Phi) is 4.46. The highest BCUT2D eigenvalue weighted by atomic mass is 16.1. The fourth-order valence-corrected chi connectivity index (χ4v) is 3.08. The molecule has 3 heteroatoms. The van der Waals surface area contributed by atoms with Gasteiger partial charge < -0.3 is 4.57 Å². The van der Waals surface area contributed by atoms with Gasteiger partial charge in [0.05, 0.1) is 6.54 Å². The number of nitrogens with zero attached hydrogens (tertiary/aromatic N) is 2. The van der Waals surface area contributed by atoms with Crippen molar-refractivity contribution in [3.63, 3.8) is 0 Å². The topological polar surface area (TPSA) is 25.2 Å². The second-order valence-electron chi connectivity index (χ2n) is 5.91. The number of likely N-dealkylation sites (tertiary alicyclic amines) is 1. The van der Waals surface area contributed by atoms with Crippen molar-refractivity contribution in [3.8, 4) is 0 Å². The van der Waals surface area contributed by atoms with E-state index in [9.17, 15) is 4.79 Å². The van der Waals surface area contributed by atoms with E-state index in [4.69, 9.17) is 0 Å². The molecule has 0 aliphatic carbocycles. The highest BCUT2D eigenvalue weighted by Gasteiger charge is 2.21. The van der Waals surface area contributed by atoms with Gasteiger partial charge in [0, 0.05) is 23.5 Å². The highest BCUT2D eigenvalue weighted by Crippen LogP contribution is 2.19. The number of carbonyl (C=O) groups is 1. The lowest BCUT2D eigenvalue weighted by Gasteiger charge is -2.29. The van der Waals surface area contributed by atoms with Crippen molar-refractivity contribution in [3.05, 3.63) is 23.0 Å². The van der Waals surface area contributed by atoms with Gasteiger partial charge in [-0.2, -0.15) is 0 Å². The number of aryl methyl sites for hydroxylation is 1. The summed E-state index contributed by atoms with van der Waals surface area (Å²) in [5.74, 6) is 1.10. The van der Waals surface area contributed by atoms with Gasteiger partial charge >= 0.3 is 0 Å². The summed E-state index contributed by atoms with van der Waals surface area (Å²) in [6.07, 6.45) is 2.45. The molecule has 1 aromatic rings. The number of hydrogen-bond acceptors (Lipinski definition) is 2. The molecule has 1 saturated heterocycles. The number of aromatic nitrogens is 1. The van der Waals surface area contributed by atoms with Crippen molar-refractivity contribution in [2.75, 3.05) is 19.6 Å². The summed E-state index contributed by atoms with van der Waals surface area (Å²) in [5.41, 5.74) is 3.23. The third-order valence-corrected chi connectivity index (χ3v) is 4.43. The lowest BCUT2D eigenvalue weighted by Crippen LogP contribution is -2.36. The molecule has 1 aliphatic heterocycles. The molecule has 0 N–H and O–H groups in total. The van der Waals surface area contributed by atoms with Crippen molar-refractivity contribution < 1.29 is 4.79 Å². The average molecular weight is 262 g/mol. The van der Waals surface area contributed by atoms with Crippen molar-refractivity contribution >= 4 is 5.78 Å². The minimum Gasteiger partial charge on any atom is -0.349 e. The van der Waals surface area contributed by atoms with Gasteiger partial charge in [0.2, 0.25) is 0 Å². The van der Waals surface area contributed by atoms with Crippen molar-refractivity contribution in [1.82, 2.24) is 9.47 Å². The van der Waals surface area contributed by atoms with Crippen molar-refractivity contribution in [1.29, 1.82) is 0 Å². The fraction of sp³-hybridized carbons (Fsp3) is 0.688. The van der Waals surface area contributed by atoms with E-state index in [1.54, 1.807) is 0 Å². The van der Waals surface area contributed by atoms with E-state index in [2.05, 4.69) is 37.2 Å². The van der Waals surface area contributed by atoms with E-state index in [-0.39, 0.29) is 5.78 Å². The summed E-state index contributed by atoms with van der Waals surface area (Å²) in [4.78, 5) is 14.7. The summed E-state index contributed by atoms with van der Waals surface area (Å²) < 4.78 is 2.21. The predicted octanol–water partition coefficient (Wildman–Crippen LogP) is 3.04. The maximum Gasteiger partial charge on any atom is 0.178 e. The van der Waals surface area contributed by atoms with Crippen LogP contribution in [0.2, 0.25) is 0 Å². The summed E-state index contributed by atoms with van der Waals surface area (Å²) in [7, 11) is 0. The number of Topliss-reactive ketones (excluding diaryl/α,β-unsaturated/α-hetero) is 1. The van der Waals surface area contributed by atoms with Gasteiger partial charge in [-0.05, 0) is 58.7 Å². The molecule has 19 heavy (non-hydrogen) atoms. The van der Waals surface area contributed by atoms with Gasteiger partial charge in [0.25, 0.3) is 0 Å². The number of carbonyl (C=O) groups excluding carboxylic acids is 1. The Morgan fingerprint density at radius 2 is 1.95 bits per heavy atom. The first-order valence-corrected chi connectivity index (χ1v) is 7.45. The molecule has 1 fully saturated rings.